The fourth-order valence-corrected chi connectivity index (χ4v) is 3.00. The Balaban J connectivity index is 1.73. The summed E-state index contributed by atoms with van der Waals surface area (Å²) in [6.07, 6.45) is 2.15. The lowest BCUT2D eigenvalue weighted by Gasteiger charge is -2.34. The Bertz CT molecular complexity index is 590. The van der Waals surface area contributed by atoms with E-state index in [0.29, 0.717) is 23.5 Å². The van der Waals surface area contributed by atoms with Crippen molar-refractivity contribution < 1.29 is 4.42 Å². The topological polar surface area (TPSA) is 55.3 Å². The second-order valence-electron chi connectivity index (χ2n) is 5.56. The van der Waals surface area contributed by atoms with Crippen molar-refractivity contribution in [3.8, 4) is 0 Å². The summed E-state index contributed by atoms with van der Waals surface area (Å²) in [5, 5.41) is 0.698. The Labute approximate surface area is 123 Å². The number of rotatable bonds is 3. The molecule has 0 aliphatic carbocycles. The van der Waals surface area contributed by atoms with E-state index in [9.17, 15) is 0 Å². The number of nitrogens with zero attached hydrogens (tertiary/aromatic N) is 2. The quantitative estimate of drug-likeness (QED) is 0.945. The largest absolute Gasteiger partial charge is 0.440 e. The number of oxazole rings is 1. The zero-order valence-electron chi connectivity index (χ0n) is 11.7. The van der Waals surface area contributed by atoms with Crippen LogP contribution in [0.1, 0.15) is 31.6 Å². The van der Waals surface area contributed by atoms with Crippen LogP contribution in [0.4, 0.5) is 0 Å². The first-order valence-electron chi connectivity index (χ1n) is 7.17. The highest BCUT2D eigenvalue weighted by Gasteiger charge is 2.26. The molecule has 2 heterocycles. The van der Waals surface area contributed by atoms with E-state index in [4.69, 9.17) is 21.8 Å². The molecule has 0 radical (unpaired) electrons. The lowest BCUT2D eigenvalue weighted by Crippen LogP contribution is -2.43. The molecule has 1 fully saturated rings. The Kier molecular flexibility index (Phi) is 3.96. The molecule has 0 saturated carbocycles. The Morgan fingerprint density at radius 1 is 1.45 bits per heavy atom. The van der Waals surface area contributed by atoms with Gasteiger partial charge < -0.3 is 10.2 Å². The van der Waals surface area contributed by atoms with Gasteiger partial charge in [-0.15, -0.1) is 0 Å². The minimum Gasteiger partial charge on any atom is -0.440 e. The van der Waals surface area contributed by atoms with Crippen molar-refractivity contribution in [1.82, 2.24) is 9.88 Å². The molecule has 2 N–H and O–H groups in total. The molecule has 1 atom stereocenters. The molecule has 1 aromatic heterocycles. The maximum Gasteiger partial charge on any atom is 0.198 e. The van der Waals surface area contributed by atoms with Crippen molar-refractivity contribution in [2.24, 2.45) is 5.73 Å². The van der Waals surface area contributed by atoms with Gasteiger partial charge in [-0.2, -0.15) is 0 Å². The summed E-state index contributed by atoms with van der Waals surface area (Å²) in [5.74, 6) is 1.25. The molecule has 20 heavy (non-hydrogen) atoms. The Morgan fingerprint density at radius 3 is 2.90 bits per heavy atom. The standard InChI is InChI=1S/C15H20ClN3O/c1-10(9-17)19-6-4-11(5-7-19)15-18-13-8-12(16)2-3-14(13)20-15/h2-3,8,10-11H,4-7,9,17H2,1H3. The van der Waals surface area contributed by atoms with E-state index in [1.54, 1.807) is 0 Å². The number of benzene rings is 1. The molecule has 3 rings (SSSR count). The first-order chi connectivity index (χ1) is 9.67. The number of halogens is 1. The van der Waals surface area contributed by atoms with Gasteiger partial charge in [0.15, 0.2) is 11.5 Å². The van der Waals surface area contributed by atoms with Crippen LogP contribution in [0.2, 0.25) is 5.02 Å². The molecule has 0 bridgehead atoms. The summed E-state index contributed by atoms with van der Waals surface area (Å²) in [7, 11) is 0. The second-order valence-corrected chi connectivity index (χ2v) is 6.00. The second kappa shape index (κ2) is 5.72. The number of likely N-dealkylation sites (tertiary alicyclic amines) is 1. The van der Waals surface area contributed by atoms with E-state index in [-0.39, 0.29) is 0 Å². The third-order valence-corrected chi connectivity index (χ3v) is 4.44. The van der Waals surface area contributed by atoms with Crippen molar-refractivity contribution in [3.05, 3.63) is 29.1 Å². The molecule has 4 nitrogen and oxygen atoms in total. The average molecular weight is 294 g/mol. The molecule has 2 aromatic rings. The van der Waals surface area contributed by atoms with E-state index in [0.717, 1.165) is 42.9 Å². The predicted octanol–water partition coefficient (Wildman–Crippen LogP) is 3.01. The van der Waals surface area contributed by atoms with Gasteiger partial charge >= 0.3 is 0 Å². The molecular formula is C15H20ClN3O. The first-order valence-corrected chi connectivity index (χ1v) is 7.55. The van der Waals surface area contributed by atoms with Crippen molar-refractivity contribution in [2.45, 2.75) is 31.7 Å². The smallest absolute Gasteiger partial charge is 0.198 e. The average Bonchev–Trinajstić information content (AvgIpc) is 2.89. The number of hydrogen-bond donors (Lipinski definition) is 1. The first kappa shape index (κ1) is 13.9. The van der Waals surface area contributed by atoms with Crippen LogP contribution < -0.4 is 5.73 Å². The molecule has 1 aliphatic heterocycles. The van der Waals surface area contributed by atoms with Gasteiger partial charge in [-0.25, -0.2) is 4.98 Å². The molecule has 108 valence electrons. The van der Waals surface area contributed by atoms with Crippen molar-refractivity contribution in [1.29, 1.82) is 0 Å². The Morgan fingerprint density at radius 2 is 2.20 bits per heavy atom. The van der Waals surface area contributed by atoms with Gasteiger partial charge in [-0.1, -0.05) is 11.6 Å². The molecule has 1 saturated heterocycles. The summed E-state index contributed by atoms with van der Waals surface area (Å²) >= 11 is 5.98. The molecule has 1 aromatic carbocycles. The minimum atomic E-state index is 0.405. The third kappa shape index (κ3) is 2.68. The highest BCUT2D eigenvalue weighted by molar-refractivity contribution is 6.31. The van der Waals surface area contributed by atoms with Crippen molar-refractivity contribution >= 4 is 22.7 Å². The van der Waals surface area contributed by atoms with Crippen LogP contribution in [-0.2, 0) is 0 Å². The number of hydrogen-bond acceptors (Lipinski definition) is 4. The van der Waals surface area contributed by atoms with Crippen LogP contribution >= 0.6 is 11.6 Å². The van der Waals surface area contributed by atoms with Crippen LogP contribution in [0.15, 0.2) is 22.6 Å². The highest BCUT2D eigenvalue weighted by atomic mass is 35.5. The minimum absolute atomic E-state index is 0.405. The summed E-state index contributed by atoms with van der Waals surface area (Å²) in [6, 6.07) is 6.04. The zero-order chi connectivity index (χ0) is 14.1. The van der Waals surface area contributed by atoms with Gasteiger partial charge in [0.2, 0.25) is 0 Å². The monoisotopic (exact) mass is 293 g/mol. The van der Waals surface area contributed by atoms with E-state index in [1.165, 1.54) is 0 Å². The van der Waals surface area contributed by atoms with E-state index >= 15 is 0 Å². The summed E-state index contributed by atoms with van der Waals surface area (Å²) in [4.78, 5) is 7.03. The summed E-state index contributed by atoms with van der Waals surface area (Å²) in [5.41, 5.74) is 7.40. The zero-order valence-corrected chi connectivity index (χ0v) is 12.4. The van der Waals surface area contributed by atoms with Crippen molar-refractivity contribution in [3.63, 3.8) is 0 Å². The van der Waals surface area contributed by atoms with Crippen LogP contribution in [0.3, 0.4) is 0 Å². The van der Waals surface area contributed by atoms with Gasteiger partial charge in [-0.05, 0) is 51.1 Å². The van der Waals surface area contributed by atoms with Gasteiger partial charge in [0, 0.05) is 23.5 Å². The van der Waals surface area contributed by atoms with Crippen LogP contribution in [0, 0.1) is 0 Å². The maximum absolute atomic E-state index is 5.98. The van der Waals surface area contributed by atoms with Crippen molar-refractivity contribution in [2.75, 3.05) is 19.6 Å². The van der Waals surface area contributed by atoms with Gasteiger partial charge in [0.25, 0.3) is 0 Å². The molecule has 0 amide bonds. The van der Waals surface area contributed by atoms with E-state index < -0.39 is 0 Å². The lowest BCUT2D eigenvalue weighted by molar-refractivity contribution is 0.158. The van der Waals surface area contributed by atoms with Crippen LogP contribution in [0.5, 0.6) is 0 Å². The number of nitrogens with two attached hydrogens (primary N) is 1. The predicted molar refractivity (Wildman–Crippen MR) is 81.1 cm³/mol. The molecular weight excluding hydrogens is 274 g/mol. The normalized spacial score (nSPS) is 19.6. The number of aromatic nitrogens is 1. The van der Waals surface area contributed by atoms with E-state index in [1.807, 2.05) is 18.2 Å². The molecule has 0 spiro atoms. The third-order valence-electron chi connectivity index (χ3n) is 4.21. The maximum atomic E-state index is 5.98. The Hall–Kier alpha value is -1.10. The summed E-state index contributed by atoms with van der Waals surface area (Å²) < 4.78 is 5.87. The summed E-state index contributed by atoms with van der Waals surface area (Å²) in [6.45, 7) is 5.01. The molecule has 1 aliphatic rings. The number of fused-ring (bicyclic) bond motifs is 1. The molecule has 5 heteroatoms. The number of piperidine rings is 1. The van der Waals surface area contributed by atoms with Gasteiger partial charge in [-0.3, -0.25) is 4.90 Å². The fraction of sp³-hybridized carbons (Fsp3) is 0.533. The SMILES string of the molecule is CC(CN)N1CCC(c2nc3cc(Cl)ccc3o2)CC1. The van der Waals surface area contributed by atoms with Crippen LogP contribution in [-0.4, -0.2) is 35.6 Å². The fourth-order valence-electron chi connectivity index (χ4n) is 2.83. The van der Waals surface area contributed by atoms with Gasteiger partial charge in [0.05, 0.1) is 0 Å². The highest BCUT2D eigenvalue weighted by Crippen LogP contribution is 2.31. The van der Waals surface area contributed by atoms with E-state index in [2.05, 4.69) is 16.8 Å². The molecule has 1 unspecified atom stereocenters. The van der Waals surface area contributed by atoms with Crippen LogP contribution in [0.25, 0.3) is 11.1 Å². The lowest BCUT2D eigenvalue weighted by atomic mass is 9.96. The van der Waals surface area contributed by atoms with Gasteiger partial charge in [0.1, 0.15) is 5.52 Å².